The molecule has 0 fully saturated rings. The molecule has 2 rings (SSSR count). The highest BCUT2D eigenvalue weighted by molar-refractivity contribution is 5.47. The SMILES string of the molecule is CCNc1cc(NCCc2nncn2C)nc(C(C)C)n1. The van der Waals surface area contributed by atoms with Crippen molar-refractivity contribution in [2.75, 3.05) is 23.7 Å². The van der Waals surface area contributed by atoms with Crippen LogP contribution in [-0.4, -0.2) is 37.8 Å². The van der Waals surface area contributed by atoms with E-state index in [0.717, 1.165) is 42.8 Å². The van der Waals surface area contributed by atoms with Crippen LogP contribution >= 0.6 is 0 Å². The molecule has 21 heavy (non-hydrogen) atoms. The second kappa shape index (κ2) is 7.01. The standard InChI is InChI=1S/C14H23N7/c1-5-15-11-8-12(19-14(18-11)10(2)3)16-7-6-13-20-17-9-21(13)4/h8-10H,5-7H2,1-4H3,(H2,15,16,18,19). The number of rotatable bonds is 7. The molecule has 0 amide bonds. The summed E-state index contributed by atoms with van der Waals surface area (Å²) in [7, 11) is 1.94. The zero-order chi connectivity index (χ0) is 15.2. The summed E-state index contributed by atoms with van der Waals surface area (Å²) in [6.45, 7) is 7.83. The number of hydrogen-bond donors (Lipinski definition) is 2. The van der Waals surface area contributed by atoms with Gasteiger partial charge in [0.1, 0.15) is 29.6 Å². The molecule has 0 spiro atoms. The van der Waals surface area contributed by atoms with Crippen molar-refractivity contribution in [1.82, 2.24) is 24.7 Å². The van der Waals surface area contributed by atoms with Crippen molar-refractivity contribution >= 4 is 11.6 Å². The van der Waals surface area contributed by atoms with E-state index in [1.807, 2.05) is 17.7 Å². The Balaban J connectivity index is 2.02. The first kappa shape index (κ1) is 15.2. The lowest BCUT2D eigenvalue weighted by atomic mass is 10.2. The molecule has 2 aromatic rings. The Hall–Kier alpha value is -2.18. The van der Waals surface area contributed by atoms with Crippen molar-refractivity contribution in [3.63, 3.8) is 0 Å². The van der Waals surface area contributed by atoms with Gasteiger partial charge in [0, 0.05) is 38.5 Å². The van der Waals surface area contributed by atoms with Gasteiger partial charge < -0.3 is 15.2 Å². The number of hydrogen-bond acceptors (Lipinski definition) is 6. The Morgan fingerprint density at radius 1 is 1.19 bits per heavy atom. The number of nitrogens with one attached hydrogen (secondary N) is 2. The maximum Gasteiger partial charge on any atom is 0.135 e. The molecule has 0 aromatic carbocycles. The average molecular weight is 289 g/mol. The summed E-state index contributed by atoms with van der Waals surface area (Å²) in [5.74, 6) is 3.79. The molecule has 0 radical (unpaired) electrons. The molecule has 114 valence electrons. The highest BCUT2D eigenvalue weighted by Crippen LogP contribution is 2.16. The molecular weight excluding hydrogens is 266 g/mol. The molecule has 0 saturated heterocycles. The fraction of sp³-hybridized carbons (Fsp3) is 0.571. The van der Waals surface area contributed by atoms with Crippen LogP contribution in [0, 0.1) is 0 Å². The van der Waals surface area contributed by atoms with Crippen LogP contribution in [0.25, 0.3) is 0 Å². The van der Waals surface area contributed by atoms with Crippen LogP contribution in [0.5, 0.6) is 0 Å². The van der Waals surface area contributed by atoms with E-state index >= 15 is 0 Å². The van der Waals surface area contributed by atoms with E-state index in [9.17, 15) is 0 Å². The summed E-state index contributed by atoms with van der Waals surface area (Å²) in [6, 6.07) is 1.94. The summed E-state index contributed by atoms with van der Waals surface area (Å²) in [4.78, 5) is 9.06. The number of aromatic nitrogens is 5. The van der Waals surface area contributed by atoms with Crippen molar-refractivity contribution in [1.29, 1.82) is 0 Å². The van der Waals surface area contributed by atoms with Gasteiger partial charge in [0.05, 0.1) is 0 Å². The lowest BCUT2D eigenvalue weighted by Gasteiger charge is -2.12. The van der Waals surface area contributed by atoms with E-state index in [0.29, 0.717) is 5.92 Å². The van der Waals surface area contributed by atoms with Crippen molar-refractivity contribution in [3.8, 4) is 0 Å². The van der Waals surface area contributed by atoms with Gasteiger partial charge in [-0.15, -0.1) is 10.2 Å². The zero-order valence-corrected chi connectivity index (χ0v) is 13.1. The van der Waals surface area contributed by atoms with E-state index in [1.165, 1.54) is 0 Å². The van der Waals surface area contributed by atoms with E-state index in [1.54, 1.807) is 6.33 Å². The monoisotopic (exact) mass is 289 g/mol. The van der Waals surface area contributed by atoms with Gasteiger partial charge in [-0.25, -0.2) is 9.97 Å². The fourth-order valence-electron chi connectivity index (χ4n) is 1.92. The largest absolute Gasteiger partial charge is 0.370 e. The molecule has 0 aliphatic rings. The average Bonchev–Trinajstić information content (AvgIpc) is 2.84. The fourth-order valence-corrected chi connectivity index (χ4v) is 1.92. The first-order valence-corrected chi connectivity index (χ1v) is 7.29. The molecule has 0 saturated carbocycles. The molecule has 0 unspecified atom stereocenters. The van der Waals surface area contributed by atoms with E-state index in [4.69, 9.17) is 0 Å². The molecule has 0 bridgehead atoms. The third-order valence-corrected chi connectivity index (χ3v) is 3.08. The predicted octanol–water partition coefficient (Wildman–Crippen LogP) is 1.81. The third kappa shape index (κ3) is 4.14. The number of nitrogens with zero attached hydrogens (tertiary/aromatic N) is 5. The van der Waals surface area contributed by atoms with E-state index < -0.39 is 0 Å². The number of aryl methyl sites for hydroxylation is 1. The van der Waals surface area contributed by atoms with Crippen LogP contribution < -0.4 is 10.6 Å². The topological polar surface area (TPSA) is 80.5 Å². The van der Waals surface area contributed by atoms with E-state index in [-0.39, 0.29) is 0 Å². The first-order valence-electron chi connectivity index (χ1n) is 7.29. The second-order valence-corrected chi connectivity index (χ2v) is 5.22. The normalized spacial score (nSPS) is 10.9. The molecule has 2 heterocycles. The Kier molecular flexibility index (Phi) is 5.08. The minimum absolute atomic E-state index is 0.294. The molecule has 2 N–H and O–H groups in total. The summed E-state index contributed by atoms with van der Waals surface area (Å²) < 4.78 is 1.92. The van der Waals surface area contributed by atoms with Gasteiger partial charge in [0.2, 0.25) is 0 Å². The maximum absolute atomic E-state index is 4.55. The Morgan fingerprint density at radius 2 is 1.90 bits per heavy atom. The molecule has 7 heteroatoms. The minimum atomic E-state index is 0.294. The predicted molar refractivity (Wildman–Crippen MR) is 83.5 cm³/mol. The highest BCUT2D eigenvalue weighted by atomic mass is 15.2. The zero-order valence-electron chi connectivity index (χ0n) is 13.1. The molecule has 0 aliphatic carbocycles. The molecule has 0 aliphatic heterocycles. The van der Waals surface area contributed by atoms with E-state index in [2.05, 4.69) is 51.6 Å². The van der Waals surface area contributed by atoms with Gasteiger partial charge >= 0.3 is 0 Å². The van der Waals surface area contributed by atoms with Gasteiger partial charge in [-0.1, -0.05) is 13.8 Å². The summed E-state index contributed by atoms with van der Waals surface area (Å²) in [5.41, 5.74) is 0. The summed E-state index contributed by atoms with van der Waals surface area (Å²) in [5, 5.41) is 14.5. The van der Waals surface area contributed by atoms with Crippen LogP contribution in [0.15, 0.2) is 12.4 Å². The molecule has 7 nitrogen and oxygen atoms in total. The Labute approximate surface area is 125 Å². The maximum atomic E-state index is 4.55. The summed E-state index contributed by atoms with van der Waals surface area (Å²) >= 11 is 0. The Morgan fingerprint density at radius 3 is 2.48 bits per heavy atom. The molecular formula is C14H23N7. The van der Waals surface area contributed by atoms with Gasteiger partial charge in [0.15, 0.2) is 0 Å². The lowest BCUT2D eigenvalue weighted by molar-refractivity contribution is 0.768. The smallest absolute Gasteiger partial charge is 0.135 e. The van der Waals surface area contributed by atoms with Crippen LogP contribution in [0.4, 0.5) is 11.6 Å². The minimum Gasteiger partial charge on any atom is -0.370 e. The molecule has 2 aromatic heterocycles. The number of anilines is 2. The van der Waals surface area contributed by atoms with Crippen molar-refractivity contribution < 1.29 is 0 Å². The first-order chi connectivity index (χ1) is 10.1. The quantitative estimate of drug-likeness (QED) is 0.809. The van der Waals surface area contributed by atoms with Crippen LogP contribution in [0.1, 0.15) is 38.3 Å². The summed E-state index contributed by atoms with van der Waals surface area (Å²) in [6.07, 6.45) is 2.51. The van der Waals surface area contributed by atoms with Crippen molar-refractivity contribution in [2.24, 2.45) is 7.05 Å². The van der Waals surface area contributed by atoms with Crippen molar-refractivity contribution in [2.45, 2.75) is 33.1 Å². The van der Waals surface area contributed by atoms with Gasteiger partial charge in [0.25, 0.3) is 0 Å². The molecule has 0 atom stereocenters. The second-order valence-electron chi connectivity index (χ2n) is 5.22. The van der Waals surface area contributed by atoms with Gasteiger partial charge in [-0.3, -0.25) is 0 Å². The van der Waals surface area contributed by atoms with Crippen molar-refractivity contribution in [3.05, 3.63) is 24.0 Å². The Bertz CT molecular complexity index is 576. The lowest BCUT2D eigenvalue weighted by Crippen LogP contribution is -2.12. The van der Waals surface area contributed by atoms with Gasteiger partial charge in [-0.2, -0.15) is 0 Å². The highest BCUT2D eigenvalue weighted by Gasteiger charge is 2.08. The van der Waals surface area contributed by atoms with Crippen LogP contribution in [0.2, 0.25) is 0 Å². The van der Waals surface area contributed by atoms with Crippen LogP contribution in [-0.2, 0) is 13.5 Å². The van der Waals surface area contributed by atoms with Gasteiger partial charge in [-0.05, 0) is 6.92 Å². The third-order valence-electron chi connectivity index (χ3n) is 3.08. The van der Waals surface area contributed by atoms with Crippen LogP contribution in [0.3, 0.4) is 0 Å².